The summed E-state index contributed by atoms with van der Waals surface area (Å²) in [5.41, 5.74) is 1.10. The van der Waals surface area contributed by atoms with Crippen LogP contribution in [0.2, 0.25) is 0 Å². The van der Waals surface area contributed by atoms with Crippen molar-refractivity contribution in [1.82, 2.24) is 15.5 Å². The summed E-state index contributed by atoms with van der Waals surface area (Å²) in [5, 5.41) is 16.4. The number of aliphatic imine (C=N–C) groups is 1. The minimum absolute atomic E-state index is 0.299. The van der Waals surface area contributed by atoms with Gasteiger partial charge in [0.1, 0.15) is 5.75 Å². The van der Waals surface area contributed by atoms with Crippen molar-refractivity contribution in [1.29, 1.82) is 0 Å². The number of rotatable bonds is 5. The fourth-order valence-electron chi connectivity index (χ4n) is 4.14. The molecule has 26 heavy (non-hydrogen) atoms. The topological polar surface area (TPSA) is 59.9 Å². The van der Waals surface area contributed by atoms with Crippen molar-refractivity contribution in [3.8, 4) is 5.75 Å². The molecule has 3 N–H and O–H groups in total. The van der Waals surface area contributed by atoms with Crippen LogP contribution in [-0.4, -0.2) is 47.7 Å². The Morgan fingerprint density at radius 3 is 2.42 bits per heavy atom. The van der Waals surface area contributed by atoms with E-state index in [-0.39, 0.29) is 0 Å². The summed E-state index contributed by atoms with van der Waals surface area (Å²) in [4.78, 5) is 7.44. The molecule has 0 spiro atoms. The van der Waals surface area contributed by atoms with E-state index in [1.807, 2.05) is 12.1 Å². The lowest BCUT2D eigenvalue weighted by Crippen LogP contribution is -2.50. The van der Waals surface area contributed by atoms with Gasteiger partial charge in [0.25, 0.3) is 0 Å². The number of likely N-dealkylation sites (tertiary alicyclic amines) is 1. The number of hydrogen-bond acceptors (Lipinski definition) is 3. The zero-order valence-electron chi connectivity index (χ0n) is 16.1. The first-order valence-electron chi connectivity index (χ1n) is 10.3. The first-order valence-corrected chi connectivity index (χ1v) is 10.3. The van der Waals surface area contributed by atoms with E-state index in [1.54, 1.807) is 12.1 Å². The maximum absolute atomic E-state index is 9.39. The largest absolute Gasteiger partial charge is 0.508 e. The van der Waals surface area contributed by atoms with E-state index >= 15 is 0 Å². The quantitative estimate of drug-likeness (QED) is 0.559. The third-order valence-electron chi connectivity index (χ3n) is 5.66. The van der Waals surface area contributed by atoms with Crippen molar-refractivity contribution in [3.05, 3.63) is 29.8 Å². The fraction of sp³-hybridized carbons (Fsp3) is 0.667. The van der Waals surface area contributed by atoms with E-state index in [0.29, 0.717) is 18.3 Å². The number of phenols is 1. The summed E-state index contributed by atoms with van der Waals surface area (Å²) in [6, 6.07) is 8.61. The second kappa shape index (κ2) is 9.81. The molecular weight excluding hydrogens is 324 g/mol. The zero-order valence-corrected chi connectivity index (χ0v) is 16.1. The van der Waals surface area contributed by atoms with Crippen molar-refractivity contribution in [3.63, 3.8) is 0 Å². The van der Waals surface area contributed by atoms with Gasteiger partial charge in [-0.1, -0.05) is 31.4 Å². The number of benzene rings is 1. The van der Waals surface area contributed by atoms with Gasteiger partial charge in [0.15, 0.2) is 5.96 Å². The highest BCUT2D eigenvalue weighted by molar-refractivity contribution is 5.80. The van der Waals surface area contributed by atoms with Crippen LogP contribution in [0.5, 0.6) is 5.75 Å². The molecule has 1 aromatic rings. The third-order valence-corrected chi connectivity index (χ3v) is 5.66. The van der Waals surface area contributed by atoms with Gasteiger partial charge in [-0.05, 0) is 50.3 Å². The second-order valence-electron chi connectivity index (χ2n) is 7.61. The molecule has 0 radical (unpaired) electrons. The van der Waals surface area contributed by atoms with Crippen molar-refractivity contribution >= 4 is 5.96 Å². The maximum atomic E-state index is 9.39. The SMILES string of the molecule is CCNC(=NCc1ccc(O)cc1)NC1CCN(C2CCCCC2)CC1. The molecule has 1 aromatic carbocycles. The molecule has 0 bridgehead atoms. The molecule has 144 valence electrons. The fourth-order valence-corrected chi connectivity index (χ4v) is 4.14. The molecule has 3 rings (SSSR count). The molecular formula is C21H34N4O. The zero-order chi connectivity index (χ0) is 18.2. The van der Waals surface area contributed by atoms with Gasteiger partial charge < -0.3 is 20.6 Å². The van der Waals surface area contributed by atoms with Gasteiger partial charge in [0, 0.05) is 31.7 Å². The molecule has 0 aromatic heterocycles. The van der Waals surface area contributed by atoms with Gasteiger partial charge in [0.2, 0.25) is 0 Å². The Balaban J connectivity index is 1.48. The normalized spacial score (nSPS) is 20.9. The maximum Gasteiger partial charge on any atom is 0.191 e. The molecule has 0 atom stereocenters. The summed E-state index contributed by atoms with van der Waals surface area (Å²) in [5.74, 6) is 1.20. The van der Waals surface area contributed by atoms with Crippen LogP contribution in [-0.2, 0) is 6.54 Å². The van der Waals surface area contributed by atoms with Crippen molar-refractivity contribution in [2.75, 3.05) is 19.6 Å². The molecule has 2 fully saturated rings. The molecule has 2 aliphatic rings. The molecule has 5 heteroatoms. The van der Waals surface area contributed by atoms with E-state index in [9.17, 15) is 5.11 Å². The molecule has 5 nitrogen and oxygen atoms in total. The highest BCUT2D eigenvalue weighted by Crippen LogP contribution is 2.25. The van der Waals surface area contributed by atoms with E-state index in [1.165, 1.54) is 58.0 Å². The van der Waals surface area contributed by atoms with Gasteiger partial charge in [-0.15, -0.1) is 0 Å². The third kappa shape index (κ3) is 5.63. The first-order chi connectivity index (χ1) is 12.7. The molecule has 1 saturated heterocycles. The van der Waals surface area contributed by atoms with E-state index < -0.39 is 0 Å². The second-order valence-corrected chi connectivity index (χ2v) is 7.61. The van der Waals surface area contributed by atoms with Crippen LogP contribution in [0.4, 0.5) is 0 Å². The minimum Gasteiger partial charge on any atom is -0.508 e. The number of nitrogens with one attached hydrogen (secondary N) is 2. The molecule has 0 amide bonds. The molecule has 1 aliphatic heterocycles. The Hall–Kier alpha value is -1.75. The first kappa shape index (κ1) is 19.0. The van der Waals surface area contributed by atoms with Crippen LogP contribution in [0.15, 0.2) is 29.3 Å². The van der Waals surface area contributed by atoms with E-state index in [2.05, 4.69) is 22.5 Å². The lowest BCUT2D eigenvalue weighted by atomic mass is 9.92. The number of phenolic OH excluding ortho intramolecular Hbond substituents is 1. The lowest BCUT2D eigenvalue weighted by molar-refractivity contribution is 0.119. The molecule has 1 aliphatic carbocycles. The number of aromatic hydroxyl groups is 1. The van der Waals surface area contributed by atoms with E-state index in [4.69, 9.17) is 4.99 Å². The van der Waals surface area contributed by atoms with Crippen molar-refractivity contribution in [2.45, 2.75) is 70.5 Å². The van der Waals surface area contributed by atoms with Gasteiger partial charge >= 0.3 is 0 Å². The Morgan fingerprint density at radius 1 is 1.08 bits per heavy atom. The van der Waals surface area contributed by atoms with Crippen molar-refractivity contribution in [2.24, 2.45) is 4.99 Å². The number of hydrogen-bond donors (Lipinski definition) is 3. The average Bonchev–Trinajstić information content (AvgIpc) is 2.69. The van der Waals surface area contributed by atoms with Gasteiger partial charge in [-0.2, -0.15) is 0 Å². The Kier molecular flexibility index (Phi) is 7.18. The predicted molar refractivity (Wildman–Crippen MR) is 108 cm³/mol. The van der Waals surface area contributed by atoms with Crippen LogP contribution >= 0.6 is 0 Å². The monoisotopic (exact) mass is 358 g/mol. The predicted octanol–water partition coefficient (Wildman–Crippen LogP) is 3.24. The molecule has 1 saturated carbocycles. The average molecular weight is 359 g/mol. The van der Waals surface area contributed by atoms with Gasteiger partial charge in [-0.3, -0.25) is 0 Å². The number of piperidine rings is 1. The number of guanidine groups is 1. The summed E-state index contributed by atoms with van der Waals surface area (Å²) >= 11 is 0. The highest BCUT2D eigenvalue weighted by atomic mass is 16.3. The minimum atomic E-state index is 0.299. The highest BCUT2D eigenvalue weighted by Gasteiger charge is 2.26. The molecule has 1 heterocycles. The standard InChI is InChI=1S/C21H34N4O/c1-2-22-21(23-16-17-8-10-20(26)11-9-17)24-18-12-14-25(15-13-18)19-6-4-3-5-7-19/h8-11,18-19,26H,2-7,12-16H2,1H3,(H2,22,23,24). The number of nitrogens with zero attached hydrogens (tertiary/aromatic N) is 2. The van der Waals surface area contributed by atoms with Crippen LogP contribution in [0.25, 0.3) is 0 Å². The summed E-state index contributed by atoms with van der Waals surface area (Å²) in [6.45, 7) is 6.00. The van der Waals surface area contributed by atoms with Crippen LogP contribution in [0, 0.1) is 0 Å². The van der Waals surface area contributed by atoms with Gasteiger partial charge in [-0.25, -0.2) is 4.99 Å². The van der Waals surface area contributed by atoms with Crippen molar-refractivity contribution < 1.29 is 5.11 Å². The summed E-state index contributed by atoms with van der Waals surface area (Å²) < 4.78 is 0. The van der Waals surface area contributed by atoms with Crippen LogP contribution in [0.1, 0.15) is 57.4 Å². The van der Waals surface area contributed by atoms with Gasteiger partial charge in [0.05, 0.1) is 6.54 Å². The Bertz CT molecular complexity index is 558. The van der Waals surface area contributed by atoms with Crippen LogP contribution < -0.4 is 10.6 Å². The smallest absolute Gasteiger partial charge is 0.191 e. The Labute approximate surface area is 157 Å². The summed E-state index contributed by atoms with van der Waals surface area (Å²) in [6.07, 6.45) is 9.44. The lowest BCUT2D eigenvalue weighted by Gasteiger charge is -2.39. The Morgan fingerprint density at radius 2 is 1.77 bits per heavy atom. The molecule has 0 unspecified atom stereocenters. The summed E-state index contributed by atoms with van der Waals surface area (Å²) in [7, 11) is 0. The van der Waals surface area contributed by atoms with E-state index in [0.717, 1.165) is 24.1 Å². The van der Waals surface area contributed by atoms with Crippen LogP contribution in [0.3, 0.4) is 0 Å².